The summed E-state index contributed by atoms with van der Waals surface area (Å²) in [5.41, 5.74) is 0.819. The fourth-order valence-corrected chi connectivity index (χ4v) is 1.56. The number of rotatable bonds is 4. The number of halogens is 3. The molecule has 2 rings (SSSR count). The molecule has 0 bridgehead atoms. The highest BCUT2D eigenvalue weighted by molar-refractivity contribution is 5.39. The van der Waals surface area contributed by atoms with Crippen molar-refractivity contribution >= 4 is 0 Å². The number of nitrogens with zero attached hydrogens (tertiary/aromatic N) is 2. The van der Waals surface area contributed by atoms with Gasteiger partial charge in [-0.2, -0.15) is 5.26 Å². The Morgan fingerprint density at radius 2 is 1.86 bits per heavy atom. The van der Waals surface area contributed by atoms with E-state index in [-0.39, 0.29) is 18.1 Å². The zero-order valence-corrected chi connectivity index (χ0v) is 10.6. The largest absolute Gasteiger partial charge is 0.573 e. The van der Waals surface area contributed by atoms with Crippen LogP contribution in [0.4, 0.5) is 13.2 Å². The molecule has 0 N–H and O–H groups in total. The topological polar surface area (TPSA) is 55.1 Å². The minimum absolute atomic E-state index is 0.00453. The Balaban J connectivity index is 2.11. The first-order valence-corrected chi connectivity index (χ1v) is 5.80. The maximum Gasteiger partial charge on any atom is 0.573 e. The van der Waals surface area contributed by atoms with E-state index < -0.39 is 12.1 Å². The van der Waals surface area contributed by atoms with Gasteiger partial charge in [0.25, 0.3) is 0 Å². The van der Waals surface area contributed by atoms with Crippen LogP contribution in [0.1, 0.15) is 11.3 Å². The van der Waals surface area contributed by atoms with Crippen molar-refractivity contribution in [3.8, 4) is 17.6 Å². The lowest BCUT2D eigenvalue weighted by Crippen LogP contribution is -2.17. The van der Waals surface area contributed by atoms with Gasteiger partial charge < -0.3 is 9.47 Å². The van der Waals surface area contributed by atoms with E-state index in [0.717, 1.165) is 6.07 Å². The van der Waals surface area contributed by atoms with Crippen molar-refractivity contribution in [3.63, 3.8) is 0 Å². The molecular formula is C14H9F3N2O2. The van der Waals surface area contributed by atoms with Crippen molar-refractivity contribution in [3.05, 3.63) is 53.9 Å². The van der Waals surface area contributed by atoms with Gasteiger partial charge in [-0.25, -0.2) is 4.98 Å². The summed E-state index contributed by atoms with van der Waals surface area (Å²) in [7, 11) is 0. The molecule has 7 heteroatoms. The van der Waals surface area contributed by atoms with Crippen molar-refractivity contribution in [2.24, 2.45) is 0 Å². The van der Waals surface area contributed by atoms with E-state index in [2.05, 4.69) is 9.72 Å². The monoisotopic (exact) mass is 294 g/mol. The van der Waals surface area contributed by atoms with Crippen molar-refractivity contribution in [2.45, 2.75) is 13.0 Å². The lowest BCUT2D eigenvalue weighted by Gasteiger charge is -2.13. The zero-order chi connectivity index (χ0) is 15.3. The van der Waals surface area contributed by atoms with Crippen LogP contribution in [0.15, 0.2) is 42.6 Å². The predicted octanol–water partition coefficient (Wildman–Crippen LogP) is 3.43. The van der Waals surface area contributed by atoms with Gasteiger partial charge in [0.15, 0.2) is 11.5 Å². The number of hydrogen-bond donors (Lipinski definition) is 0. The molecule has 1 aromatic heterocycles. The second-order valence-corrected chi connectivity index (χ2v) is 3.94. The molecule has 0 saturated carbocycles. The number of ether oxygens (including phenoxy) is 2. The Bertz CT molecular complexity index is 666. The van der Waals surface area contributed by atoms with E-state index >= 15 is 0 Å². The zero-order valence-electron chi connectivity index (χ0n) is 10.6. The standard InChI is InChI=1S/C14H9F3N2O2/c15-14(16,17)21-13-4-2-1-3-12(13)20-9-10-5-6-19-11(7-10)8-18/h1-7H,9H2. The van der Waals surface area contributed by atoms with Crippen LogP contribution in [0.2, 0.25) is 0 Å². The number of nitriles is 1. The van der Waals surface area contributed by atoms with Crippen molar-refractivity contribution < 1.29 is 22.6 Å². The van der Waals surface area contributed by atoms with Gasteiger partial charge in [-0.15, -0.1) is 13.2 Å². The number of pyridine rings is 1. The summed E-state index contributed by atoms with van der Waals surface area (Å²) in [5.74, 6) is -0.454. The van der Waals surface area contributed by atoms with Crippen LogP contribution in [-0.2, 0) is 6.61 Å². The van der Waals surface area contributed by atoms with Crippen LogP contribution in [0, 0.1) is 11.3 Å². The van der Waals surface area contributed by atoms with Gasteiger partial charge in [-0.3, -0.25) is 0 Å². The van der Waals surface area contributed by atoms with Gasteiger partial charge in [-0.05, 0) is 29.8 Å². The van der Waals surface area contributed by atoms with Gasteiger partial charge in [0, 0.05) is 6.20 Å². The van der Waals surface area contributed by atoms with Gasteiger partial charge in [0.05, 0.1) is 0 Å². The van der Waals surface area contributed by atoms with Crippen LogP contribution < -0.4 is 9.47 Å². The molecule has 0 fully saturated rings. The van der Waals surface area contributed by atoms with E-state index in [1.807, 2.05) is 6.07 Å². The lowest BCUT2D eigenvalue weighted by atomic mass is 10.2. The molecule has 1 aromatic carbocycles. The molecule has 0 aliphatic rings. The molecule has 108 valence electrons. The highest BCUT2D eigenvalue weighted by Gasteiger charge is 2.32. The molecule has 0 aliphatic heterocycles. The summed E-state index contributed by atoms with van der Waals surface area (Å²) in [4.78, 5) is 3.79. The van der Waals surface area contributed by atoms with Gasteiger partial charge >= 0.3 is 6.36 Å². The van der Waals surface area contributed by atoms with Crippen LogP contribution in [0.25, 0.3) is 0 Å². The Morgan fingerprint density at radius 1 is 1.14 bits per heavy atom. The van der Waals surface area contributed by atoms with E-state index in [1.165, 1.54) is 30.5 Å². The van der Waals surface area contributed by atoms with Gasteiger partial charge in [-0.1, -0.05) is 12.1 Å². The minimum atomic E-state index is -4.79. The molecule has 0 unspecified atom stereocenters. The highest BCUT2D eigenvalue weighted by atomic mass is 19.4. The molecule has 0 saturated heterocycles. The number of alkyl halides is 3. The number of hydrogen-bond acceptors (Lipinski definition) is 4. The number of aromatic nitrogens is 1. The van der Waals surface area contributed by atoms with Crippen molar-refractivity contribution in [1.82, 2.24) is 4.98 Å². The van der Waals surface area contributed by atoms with E-state index in [1.54, 1.807) is 6.07 Å². The summed E-state index contributed by atoms with van der Waals surface area (Å²) in [6.45, 7) is -0.00453. The first-order chi connectivity index (χ1) is 9.98. The average molecular weight is 294 g/mol. The second kappa shape index (κ2) is 6.13. The van der Waals surface area contributed by atoms with E-state index in [4.69, 9.17) is 10.00 Å². The molecule has 21 heavy (non-hydrogen) atoms. The number of para-hydroxylation sites is 2. The average Bonchev–Trinajstić information content (AvgIpc) is 2.45. The third-order valence-corrected chi connectivity index (χ3v) is 2.41. The third kappa shape index (κ3) is 4.38. The molecule has 2 aromatic rings. The quantitative estimate of drug-likeness (QED) is 0.867. The summed E-state index contributed by atoms with van der Waals surface area (Å²) in [6, 6.07) is 10.4. The molecule has 0 spiro atoms. The Morgan fingerprint density at radius 3 is 2.52 bits per heavy atom. The Hall–Kier alpha value is -2.75. The van der Waals surface area contributed by atoms with Crippen molar-refractivity contribution in [1.29, 1.82) is 5.26 Å². The van der Waals surface area contributed by atoms with E-state index in [0.29, 0.717) is 5.56 Å². The molecule has 1 heterocycles. The summed E-state index contributed by atoms with van der Waals surface area (Å²) in [5, 5.41) is 8.72. The fourth-order valence-electron chi connectivity index (χ4n) is 1.56. The van der Waals surface area contributed by atoms with Crippen LogP contribution in [-0.4, -0.2) is 11.3 Å². The molecular weight excluding hydrogens is 285 g/mol. The highest BCUT2D eigenvalue weighted by Crippen LogP contribution is 2.32. The van der Waals surface area contributed by atoms with Crippen LogP contribution in [0.3, 0.4) is 0 Å². The SMILES string of the molecule is N#Cc1cc(COc2ccccc2OC(F)(F)F)ccn1. The normalized spacial score (nSPS) is 10.8. The predicted molar refractivity (Wildman–Crippen MR) is 66.4 cm³/mol. The first-order valence-electron chi connectivity index (χ1n) is 5.80. The lowest BCUT2D eigenvalue weighted by molar-refractivity contribution is -0.275. The molecule has 0 radical (unpaired) electrons. The van der Waals surface area contributed by atoms with Gasteiger partial charge in [0.1, 0.15) is 18.4 Å². The molecule has 0 amide bonds. The summed E-state index contributed by atoms with van der Waals surface area (Å²) < 4.78 is 46.0. The minimum Gasteiger partial charge on any atom is -0.485 e. The fraction of sp³-hybridized carbons (Fsp3) is 0.143. The second-order valence-electron chi connectivity index (χ2n) is 3.94. The Labute approximate surface area is 118 Å². The maximum absolute atomic E-state index is 12.3. The van der Waals surface area contributed by atoms with Crippen molar-refractivity contribution in [2.75, 3.05) is 0 Å². The van der Waals surface area contributed by atoms with Crippen LogP contribution >= 0.6 is 0 Å². The first kappa shape index (κ1) is 14.7. The molecule has 4 nitrogen and oxygen atoms in total. The smallest absolute Gasteiger partial charge is 0.485 e. The van der Waals surface area contributed by atoms with Crippen LogP contribution in [0.5, 0.6) is 11.5 Å². The third-order valence-electron chi connectivity index (χ3n) is 2.41. The summed E-state index contributed by atoms with van der Waals surface area (Å²) in [6.07, 6.45) is -3.36. The van der Waals surface area contributed by atoms with E-state index in [9.17, 15) is 13.2 Å². The molecule has 0 atom stereocenters. The molecule has 0 aliphatic carbocycles. The maximum atomic E-state index is 12.3. The number of benzene rings is 1. The summed E-state index contributed by atoms with van der Waals surface area (Å²) >= 11 is 0. The van der Waals surface area contributed by atoms with Gasteiger partial charge in [0.2, 0.25) is 0 Å². The Kier molecular flexibility index (Phi) is 4.28.